The van der Waals surface area contributed by atoms with Crippen LogP contribution in [-0.2, 0) is 6.54 Å². The van der Waals surface area contributed by atoms with Gasteiger partial charge in [-0.15, -0.1) is 0 Å². The molecule has 0 unspecified atom stereocenters. The molecule has 2 aromatic carbocycles. The summed E-state index contributed by atoms with van der Waals surface area (Å²) in [7, 11) is 0. The van der Waals surface area contributed by atoms with E-state index in [-0.39, 0.29) is 18.8 Å². The van der Waals surface area contributed by atoms with Gasteiger partial charge in [0.05, 0.1) is 23.3 Å². The van der Waals surface area contributed by atoms with E-state index in [0.717, 1.165) is 33.1 Å². The van der Waals surface area contributed by atoms with Gasteiger partial charge in [0.25, 0.3) is 5.92 Å². The van der Waals surface area contributed by atoms with Crippen LogP contribution in [0.15, 0.2) is 73.2 Å². The number of rotatable bonds is 5. The van der Waals surface area contributed by atoms with Gasteiger partial charge in [0.1, 0.15) is 17.0 Å². The number of H-pyrrole nitrogens is 2. The van der Waals surface area contributed by atoms with Gasteiger partial charge in [0.15, 0.2) is 5.82 Å². The highest BCUT2D eigenvalue weighted by Gasteiger charge is 2.37. The van der Waals surface area contributed by atoms with E-state index in [2.05, 4.69) is 25.1 Å². The molecule has 0 spiro atoms. The molecule has 7 nitrogen and oxygen atoms in total. The Balaban J connectivity index is 1.25. The van der Waals surface area contributed by atoms with Gasteiger partial charge in [-0.25, -0.2) is 18.2 Å². The number of nitrogens with zero attached hydrogens (tertiary/aromatic N) is 5. The first-order valence-electron chi connectivity index (χ1n) is 12.6. The standard InChI is InChI=1S/C29H22F3N7/c30-21-3-1-2-19(11-21)25-27-24(6-8-34-25)35-28(36-27)26-22-12-18(4-5-23(22)37-38-26)20-10-17(13-33-14-20)15-39-9-7-29(31,32)16-39/h1-6,8,10-14H,7,9,15-16H2,(H,35,36)(H,37,38). The summed E-state index contributed by atoms with van der Waals surface area (Å²) in [6.07, 6.45) is 5.04. The average molecular weight is 526 g/mol. The van der Waals surface area contributed by atoms with Gasteiger partial charge in [-0.2, -0.15) is 5.10 Å². The van der Waals surface area contributed by atoms with Crippen molar-refractivity contribution >= 4 is 21.9 Å². The molecule has 10 heteroatoms. The Morgan fingerprint density at radius 1 is 0.923 bits per heavy atom. The Hall–Kier alpha value is -4.57. The monoisotopic (exact) mass is 525 g/mol. The molecular formula is C29H22F3N7. The van der Waals surface area contributed by atoms with E-state index in [0.29, 0.717) is 41.4 Å². The lowest BCUT2D eigenvalue weighted by atomic mass is 10.0. The van der Waals surface area contributed by atoms with Gasteiger partial charge in [0.2, 0.25) is 0 Å². The first kappa shape index (κ1) is 23.5. The van der Waals surface area contributed by atoms with Crippen LogP contribution in [0.4, 0.5) is 13.2 Å². The molecule has 0 amide bonds. The maximum absolute atomic E-state index is 13.9. The molecule has 1 saturated heterocycles. The number of aromatic amines is 2. The second-order valence-electron chi connectivity index (χ2n) is 9.88. The zero-order valence-corrected chi connectivity index (χ0v) is 20.6. The van der Waals surface area contributed by atoms with Gasteiger partial charge < -0.3 is 4.98 Å². The second-order valence-corrected chi connectivity index (χ2v) is 9.88. The molecule has 0 bridgehead atoms. The van der Waals surface area contributed by atoms with Gasteiger partial charge in [-0.05, 0) is 47.5 Å². The van der Waals surface area contributed by atoms with Crippen molar-refractivity contribution in [2.75, 3.05) is 13.1 Å². The van der Waals surface area contributed by atoms with Crippen LogP contribution in [0.3, 0.4) is 0 Å². The number of likely N-dealkylation sites (tertiary alicyclic amines) is 1. The zero-order valence-electron chi connectivity index (χ0n) is 20.6. The Kier molecular flexibility index (Phi) is 5.44. The molecule has 5 heterocycles. The largest absolute Gasteiger partial charge is 0.336 e. The molecule has 1 aliphatic rings. The lowest BCUT2D eigenvalue weighted by molar-refractivity contribution is 0.0115. The molecule has 39 heavy (non-hydrogen) atoms. The maximum atomic E-state index is 13.9. The summed E-state index contributed by atoms with van der Waals surface area (Å²) in [5.41, 5.74) is 6.75. The van der Waals surface area contributed by atoms with E-state index in [1.165, 1.54) is 12.1 Å². The van der Waals surface area contributed by atoms with E-state index < -0.39 is 5.92 Å². The van der Waals surface area contributed by atoms with Crippen LogP contribution >= 0.6 is 0 Å². The van der Waals surface area contributed by atoms with Crippen molar-refractivity contribution in [3.05, 3.63) is 84.6 Å². The highest BCUT2D eigenvalue weighted by Crippen LogP contribution is 2.33. The first-order chi connectivity index (χ1) is 18.9. The molecule has 194 valence electrons. The Bertz CT molecular complexity index is 1840. The molecule has 1 fully saturated rings. The number of benzene rings is 2. The SMILES string of the molecule is Fc1cccc(-c2nccc3[nH]c(-c4n[nH]c5ccc(-c6cncc(CN7CCC(F)(F)C7)c6)cc45)nc23)c1. The number of nitrogens with one attached hydrogen (secondary N) is 2. The summed E-state index contributed by atoms with van der Waals surface area (Å²) in [5, 5.41) is 8.44. The lowest BCUT2D eigenvalue weighted by Gasteiger charge is -2.15. The number of fused-ring (bicyclic) bond motifs is 2. The minimum Gasteiger partial charge on any atom is -0.336 e. The molecule has 7 rings (SSSR count). The third kappa shape index (κ3) is 4.42. The minimum atomic E-state index is -2.63. The third-order valence-electron chi connectivity index (χ3n) is 7.07. The Labute approximate surface area is 220 Å². The van der Waals surface area contributed by atoms with E-state index in [4.69, 9.17) is 4.98 Å². The zero-order chi connectivity index (χ0) is 26.6. The van der Waals surface area contributed by atoms with E-state index in [9.17, 15) is 13.2 Å². The summed E-state index contributed by atoms with van der Waals surface area (Å²) in [6.45, 7) is 0.571. The normalized spacial score (nSPS) is 15.5. The number of aromatic nitrogens is 6. The number of hydrogen-bond donors (Lipinski definition) is 2. The number of halogens is 3. The van der Waals surface area contributed by atoms with Crippen molar-refractivity contribution in [2.45, 2.75) is 18.9 Å². The van der Waals surface area contributed by atoms with Gasteiger partial charge in [-0.3, -0.25) is 20.0 Å². The van der Waals surface area contributed by atoms with Crippen molar-refractivity contribution in [1.82, 2.24) is 35.0 Å². The number of alkyl halides is 2. The van der Waals surface area contributed by atoms with Crippen LogP contribution in [0.25, 0.3) is 55.8 Å². The topological polar surface area (TPSA) is 86.4 Å². The smallest absolute Gasteiger partial charge is 0.261 e. The van der Waals surface area contributed by atoms with E-state index in [1.54, 1.807) is 35.6 Å². The fourth-order valence-corrected chi connectivity index (χ4v) is 5.20. The maximum Gasteiger partial charge on any atom is 0.261 e. The van der Waals surface area contributed by atoms with Crippen molar-refractivity contribution in [1.29, 1.82) is 0 Å². The Morgan fingerprint density at radius 3 is 2.69 bits per heavy atom. The van der Waals surface area contributed by atoms with Gasteiger partial charge >= 0.3 is 0 Å². The predicted molar refractivity (Wildman–Crippen MR) is 142 cm³/mol. The second kappa shape index (κ2) is 9.02. The molecule has 0 radical (unpaired) electrons. The van der Waals surface area contributed by atoms with E-state index >= 15 is 0 Å². The highest BCUT2D eigenvalue weighted by atomic mass is 19.3. The summed E-state index contributed by atoms with van der Waals surface area (Å²) in [6, 6.07) is 16.0. The number of pyridine rings is 2. The highest BCUT2D eigenvalue weighted by molar-refractivity contribution is 5.97. The quantitative estimate of drug-likeness (QED) is 0.280. The van der Waals surface area contributed by atoms with Crippen LogP contribution in [0.5, 0.6) is 0 Å². The van der Waals surface area contributed by atoms with Crippen LogP contribution < -0.4 is 0 Å². The van der Waals surface area contributed by atoms with Gasteiger partial charge in [-0.1, -0.05) is 18.2 Å². The molecule has 0 saturated carbocycles. The lowest BCUT2D eigenvalue weighted by Crippen LogP contribution is -2.24. The molecule has 6 aromatic rings. The van der Waals surface area contributed by atoms with Crippen molar-refractivity contribution in [3.8, 4) is 33.9 Å². The summed E-state index contributed by atoms with van der Waals surface area (Å²) < 4.78 is 41.2. The van der Waals surface area contributed by atoms with Crippen molar-refractivity contribution < 1.29 is 13.2 Å². The van der Waals surface area contributed by atoms with Gasteiger partial charge in [0, 0.05) is 54.6 Å². The van der Waals surface area contributed by atoms with Crippen molar-refractivity contribution in [3.63, 3.8) is 0 Å². The van der Waals surface area contributed by atoms with Crippen LogP contribution in [0.1, 0.15) is 12.0 Å². The predicted octanol–water partition coefficient (Wildman–Crippen LogP) is 6.21. The first-order valence-corrected chi connectivity index (χ1v) is 12.6. The number of imidazole rings is 1. The van der Waals surface area contributed by atoms with Crippen LogP contribution in [0, 0.1) is 5.82 Å². The third-order valence-corrected chi connectivity index (χ3v) is 7.07. The van der Waals surface area contributed by atoms with Crippen LogP contribution in [0.2, 0.25) is 0 Å². The summed E-state index contributed by atoms with van der Waals surface area (Å²) >= 11 is 0. The fourth-order valence-electron chi connectivity index (χ4n) is 5.20. The summed E-state index contributed by atoms with van der Waals surface area (Å²) in [4.78, 5) is 18.7. The molecule has 2 N–H and O–H groups in total. The Morgan fingerprint density at radius 2 is 1.85 bits per heavy atom. The minimum absolute atomic E-state index is 0.109. The fraction of sp³-hybridized carbons (Fsp3) is 0.172. The molecular weight excluding hydrogens is 503 g/mol. The number of hydrogen-bond acceptors (Lipinski definition) is 5. The molecule has 4 aromatic heterocycles. The van der Waals surface area contributed by atoms with Crippen molar-refractivity contribution in [2.24, 2.45) is 0 Å². The van der Waals surface area contributed by atoms with E-state index in [1.807, 2.05) is 30.3 Å². The molecule has 1 aliphatic heterocycles. The molecule has 0 atom stereocenters. The average Bonchev–Trinajstić information content (AvgIpc) is 3.64. The van der Waals surface area contributed by atoms with Crippen LogP contribution in [-0.4, -0.2) is 54.0 Å². The molecule has 0 aliphatic carbocycles. The summed E-state index contributed by atoms with van der Waals surface area (Å²) in [5.74, 6) is -2.41.